The Morgan fingerprint density at radius 2 is 2.22 bits per heavy atom. The molecule has 0 rings (SSSR count). The quantitative estimate of drug-likeness (QED) is 0.264. The molecule has 0 spiro atoms. The number of nitrogens with zero attached hydrogens (tertiary/aromatic N) is 1. The van der Waals surface area contributed by atoms with Gasteiger partial charge < -0.3 is 10.5 Å². The fourth-order valence-electron chi connectivity index (χ4n) is 0.168. The van der Waals surface area contributed by atoms with Gasteiger partial charge in [0.25, 0.3) is 0 Å². The van der Waals surface area contributed by atoms with Crippen molar-refractivity contribution in [3.8, 4) is 6.07 Å². The Labute approximate surface area is 51.0 Å². The fraction of sp³-hybridized carbons (Fsp3) is 0.250. The summed E-state index contributed by atoms with van der Waals surface area (Å²) in [7, 11) is 0. The highest BCUT2D eigenvalue weighted by atomic mass is 16.6. The number of hydrogen-bond acceptors (Lipinski definition) is 5. The lowest BCUT2D eigenvalue weighted by atomic mass is 10.7. The Kier molecular flexibility index (Phi) is 3.01. The summed E-state index contributed by atoms with van der Waals surface area (Å²) >= 11 is 0. The van der Waals surface area contributed by atoms with E-state index >= 15 is 0 Å². The van der Waals surface area contributed by atoms with Crippen LogP contribution in [-0.4, -0.2) is 18.5 Å². The molecule has 9 heavy (non-hydrogen) atoms. The number of nitrogens with two attached hydrogens (primary N) is 1. The lowest BCUT2D eigenvalue weighted by molar-refractivity contribution is -0.154. The average Bonchev–Trinajstić information content (AvgIpc) is 1.87. The van der Waals surface area contributed by atoms with Crippen LogP contribution in [0.2, 0.25) is 0 Å². The molecule has 5 nitrogen and oxygen atoms in total. The summed E-state index contributed by atoms with van der Waals surface area (Å²) in [6, 6.07) is 1.09. The van der Waals surface area contributed by atoms with E-state index in [0.717, 1.165) is 6.07 Å². The van der Waals surface area contributed by atoms with Gasteiger partial charge in [0.2, 0.25) is 0 Å². The maximum atomic E-state index is 10.1. The Morgan fingerprint density at radius 3 is 2.56 bits per heavy atom. The van der Waals surface area contributed by atoms with Crippen LogP contribution in [0.5, 0.6) is 0 Å². The van der Waals surface area contributed by atoms with Gasteiger partial charge in [-0.05, 0) is 0 Å². The van der Waals surface area contributed by atoms with Crippen molar-refractivity contribution in [2.75, 3.05) is 6.54 Å². The lowest BCUT2D eigenvalue weighted by Gasteiger charge is -1.90. The molecular formula is C4H4N2O3. The first-order valence-corrected chi connectivity index (χ1v) is 2.05. The Hall–Kier alpha value is -1.41. The standard InChI is InChI=1S/C4H4N2O3/c5-1-3(7)9-4(8)2-6/h1,5H2. The summed E-state index contributed by atoms with van der Waals surface area (Å²) in [5.41, 5.74) is 4.74. The second-order valence-electron chi connectivity index (χ2n) is 1.08. The second-order valence-corrected chi connectivity index (χ2v) is 1.08. The summed E-state index contributed by atoms with van der Waals surface area (Å²) < 4.78 is 3.78. The molecule has 0 aromatic carbocycles. The van der Waals surface area contributed by atoms with E-state index in [2.05, 4.69) is 4.74 Å². The SMILES string of the molecule is N#CC(=O)OC(=O)CN. The van der Waals surface area contributed by atoms with E-state index in [-0.39, 0.29) is 0 Å². The molecule has 0 aromatic rings. The molecule has 0 atom stereocenters. The number of carbonyl (C=O) groups excluding carboxylic acids is 2. The predicted molar refractivity (Wildman–Crippen MR) is 25.8 cm³/mol. The zero-order chi connectivity index (χ0) is 7.28. The van der Waals surface area contributed by atoms with Gasteiger partial charge in [0.05, 0.1) is 6.54 Å². The fourth-order valence-corrected chi connectivity index (χ4v) is 0.168. The van der Waals surface area contributed by atoms with Gasteiger partial charge in [-0.3, -0.25) is 4.79 Å². The van der Waals surface area contributed by atoms with Crippen molar-refractivity contribution in [3.05, 3.63) is 0 Å². The zero-order valence-electron chi connectivity index (χ0n) is 4.46. The van der Waals surface area contributed by atoms with E-state index < -0.39 is 18.5 Å². The van der Waals surface area contributed by atoms with Crippen LogP contribution in [0.1, 0.15) is 0 Å². The molecule has 0 aliphatic heterocycles. The first-order chi connectivity index (χ1) is 4.20. The number of hydrogen-bond donors (Lipinski definition) is 1. The van der Waals surface area contributed by atoms with Crippen molar-refractivity contribution in [1.82, 2.24) is 0 Å². The Morgan fingerprint density at radius 1 is 1.67 bits per heavy atom. The molecule has 48 valence electrons. The maximum Gasteiger partial charge on any atom is 0.418 e. The summed E-state index contributed by atoms with van der Waals surface area (Å²) in [4.78, 5) is 20.0. The summed E-state index contributed by atoms with van der Waals surface area (Å²) in [5.74, 6) is -2.13. The van der Waals surface area contributed by atoms with Crippen LogP contribution in [0.25, 0.3) is 0 Å². The molecule has 0 aliphatic rings. The normalized spacial score (nSPS) is 7.56. The van der Waals surface area contributed by atoms with Crippen LogP contribution in [0.15, 0.2) is 0 Å². The van der Waals surface area contributed by atoms with Gasteiger partial charge in [0, 0.05) is 0 Å². The molecule has 0 amide bonds. The molecule has 5 heteroatoms. The van der Waals surface area contributed by atoms with E-state index in [1.807, 2.05) is 0 Å². The van der Waals surface area contributed by atoms with Crippen LogP contribution in [0, 0.1) is 11.3 Å². The Balaban J connectivity index is 3.64. The predicted octanol–water partition coefficient (Wildman–Crippen LogP) is -1.46. The van der Waals surface area contributed by atoms with Crippen molar-refractivity contribution in [1.29, 1.82) is 5.26 Å². The molecule has 0 aliphatic carbocycles. The first kappa shape index (κ1) is 7.59. The molecule has 0 bridgehead atoms. The van der Waals surface area contributed by atoms with Gasteiger partial charge in [0.1, 0.15) is 0 Å². The van der Waals surface area contributed by atoms with E-state index in [4.69, 9.17) is 11.0 Å². The zero-order valence-corrected chi connectivity index (χ0v) is 4.46. The minimum atomic E-state index is -1.23. The van der Waals surface area contributed by atoms with E-state index in [1.54, 1.807) is 0 Å². The van der Waals surface area contributed by atoms with Crippen LogP contribution in [0.4, 0.5) is 0 Å². The van der Waals surface area contributed by atoms with Crippen LogP contribution in [-0.2, 0) is 14.3 Å². The van der Waals surface area contributed by atoms with Crippen molar-refractivity contribution in [3.63, 3.8) is 0 Å². The van der Waals surface area contributed by atoms with E-state index in [0.29, 0.717) is 0 Å². The number of esters is 2. The van der Waals surface area contributed by atoms with Crippen molar-refractivity contribution in [2.45, 2.75) is 0 Å². The molecule has 0 heterocycles. The van der Waals surface area contributed by atoms with Gasteiger partial charge in [-0.15, -0.1) is 0 Å². The number of ether oxygens (including phenoxy) is 1. The third-order valence-electron chi connectivity index (χ3n) is 0.464. The van der Waals surface area contributed by atoms with Gasteiger partial charge >= 0.3 is 11.9 Å². The molecule has 2 N–H and O–H groups in total. The first-order valence-electron chi connectivity index (χ1n) is 2.05. The summed E-state index contributed by atoms with van der Waals surface area (Å²) in [5, 5.41) is 7.76. The lowest BCUT2D eigenvalue weighted by Crippen LogP contribution is -2.19. The van der Waals surface area contributed by atoms with E-state index in [1.165, 1.54) is 0 Å². The van der Waals surface area contributed by atoms with E-state index in [9.17, 15) is 9.59 Å². The number of rotatable bonds is 1. The third-order valence-corrected chi connectivity index (χ3v) is 0.464. The van der Waals surface area contributed by atoms with Crippen molar-refractivity contribution >= 4 is 11.9 Å². The minimum absolute atomic E-state index is 0.395. The molecule has 0 fully saturated rings. The molecule has 0 aromatic heterocycles. The molecular weight excluding hydrogens is 124 g/mol. The van der Waals surface area contributed by atoms with Gasteiger partial charge in [-0.25, -0.2) is 4.79 Å². The molecule has 0 radical (unpaired) electrons. The molecule has 0 saturated carbocycles. The smallest absolute Gasteiger partial charge is 0.381 e. The van der Waals surface area contributed by atoms with Gasteiger partial charge in [0.15, 0.2) is 6.07 Å². The van der Waals surface area contributed by atoms with Crippen molar-refractivity contribution < 1.29 is 14.3 Å². The monoisotopic (exact) mass is 128 g/mol. The Bertz CT molecular complexity index is 169. The topological polar surface area (TPSA) is 93.2 Å². The van der Waals surface area contributed by atoms with Gasteiger partial charge in [-0.2, -0.15) is 5.26 Å². The highest BCUT2D eigenvalue weighted by Gasteiger charge is 2.04. The van der Waals surface area contributed by atoms with Crippen LogP contribution in [0.3, 0.4) is 0 Å². The van der Waals surface area contributed by atoms with Crippen LogP contribution >= 0.6 is 0 Å². The highest BCUT2D eigenvalue weighted by Crippen LogP contribution is 1.74. The van der Waals surface area contributed by atoms with Crippen LogP contribution < -0.4 is 5.73 Å². The van der Waals surface area contributed by atoms with Crippen molar-refractivity contribution in [2.24, 2.45) is 5.73 Å². The maximum absolute atomic E-state index is 10.1. The van der Waals surface area contributed by atoms with Gasteiger partial charge in [-0.1, -0.05) is 0 Å². The summed E-state index contributed by atoms with van der Waals surface area (Å²) in [6.45, 7) is -0.395. The largest absolute Gasteiger partial charge is 0.418 e. The molecule has 0 saturated heterocycles. The second kappa shape index (κ2) is 3.57. The molecule has 0 unspecified atom stereocenters. The highest BCUT2D eigenvalue weighted by molar-refractivity contribution is 5.95. The summed E-state index contributed by atoms with van der Waals surface area (Å²) in [6.07, 6.45) is 0. The average molecular weight is 128 g/mol. The minimum Gasteiger partial charge on any atom is -0.381 e. The number of carbonyl (C=O) groups is 2. The third kappa shape index (κ3) is 3.20. The number of nitriles is 1.